The lowest BCUT2D eigenvalue weighted by Gasteiger charge is -2.37. The largest absolute Gasteiger partial charge is 0.398 e. The van der Waals surface area contributed by atoms with E-state index in [9.17, 15) is 4.53 Å². The SMILES string of the molecule is C[C@@]1(OF)CCCN(c2ccc(Nc3nc(-c4ccc(C=N)c(N)c4)cn4ccnc34)cn2)C1. The molecule has 5 rings (SSSR count). The van der Waals surface area contributed by atoms with E-state index in [1.165, 1.54) is 6.21 Å². The first-order valence-corrected chi connectivity index (χ1v) is 11.0. The summed E-state index contributed by atoms with van der Waals surface area (Å²) < 4.78 is 14.9. The molecule has 1 aromatic carbocycles. The first-order valence-electron chi connectivity index (χ1n) is 11.0. The van der Waals surface area contributed by atoms with Crippen molar-refractivity contribution in [1.82, 2.24) is 19.4 Å². The van der Waals surface area contributed by atoms with Gasteiger partial charge in [-0.05, 0) is 42.5 Å². The second-order valence-electron chi connectivity index (χ2n) is 8.70. The minimum atomic E-state index is -0.812. The zero-order chi connectivity index (χ0) is 23.7. The molecule has 0 aliphatic carbocycles. The molecule has 10 heteroatoms. The Morgan fingerprint density at radius 2 is 2.15 bits per heavy atom. The predicted octanol–water partition coefficient (Wildman–Crippen LogP) is 4.37. The van der Waals surface area contributed by atoms with Gasteiger partial charge in [0.15, 0.2) is 11.5 Å². The fraction of sp³-hybridized carbons (Fsp3) is 0.250. The number of nitrogens with one attached hydrogen (secondary N) is 2. The zero-order valence-electron chi connectivity index (χ0n) is 18.7. The summed E-state index contributed by atoms with van der Waals surface area (Å²) in [6, 6.07) is 9.30. The van der Waals surface area contributed by atoms with Gasteiger partial charge in [0.2, 0.25) is 0 Å². The number of rotatable bonds is 6. The van der Waals surface area contributed by atoms with Crippen molar-refractivity contribution in [3.63, 3.8) is 0 Å². The van der Waals surface area contributed by atoms with Gasteiger partial charge in [-0.1, -0.05) is 12.1 Å². The lowest BCUT2D eigenvalue weighted by molar-refractivity contribution is -0.231. The third-order valence-electron chi connectivity index (χ3n) is 6.09. The molecule has 0 bridgehead atoms. The molecule has 9 nitrogen and oxygen atoms in total. The summed E-state index contributed by atoms with van der Waals surface area (Å²) in [6.07, 6.45) is 9.91. The summed E-state index contributed by atoms with van der Waals surface area (Å²) in [5.41, 5.74) is 9.39. The van der Waals surface area contributed by atoms with Crippen LogP contribution in [-0.4, -0.2) is 44.3 Å². The molecule has 0 spiro atoms. The Hall–Kier alpha value is -4.05. The molecular weight excluding hydrogens is 435 g/mol. The van der Waals surface area contributed by atoms with Crippen LogP contribution in [-0.2, 0) is 4.94 Å². The van der Waals surface area contributed by atoms with Crippen molar-refractivity contribution in [3.05, 3.63) is 60.7 Å². The lowest BCUT2D eigenvalue weighted by Crippen LogP contribution is -2.47. The zero-order valence-corrected chi connectivity index (χ0v) is 18.7. The third-order valence-corrected chi connectivity index (χ3v) is 6.09. The Balaban J connectivity index is 1.42. The van der Waals surface area contributed by atoms with Crippen molar-refractivity contribution in [2.75, 3.05) is 29.0 Å². The number of nitrogen functional groups attached to an aromatic ring is 1. The maximum Gasteiger partial charge on any atom is 0.180 e. The van der Waals surface area contributed by atoms with Crippen LogP contribution in [0.2, 0.25) is 0 Å². The highest BCUT2D eigenvalue weighted by Crippen LogP contribution is 2.30. The van der Waals surface area contributed by atoms with Crippen molar-refractivity contribution in [2.45, 2.75) is 25.4 Å². The first-order chi connectivity index (χ1) is 16.5. The molecule has 1 aliphatic heterocycles. The van der Waals surface area contributed by atoms with Crippen molar-refractivity contribution in [2.24, 2.45) is 0 Å². The number of benzene rings is 1. The van der Waals surface area contributed by atoms with E-state index >= 15 is 0 Å². The molecule has 34 heavy (non-hydrogen) atoms. The topological polar surface area (TPSA) is 117 Å². The van der Waals surface area contributed by atoms with Crippen LogP contribution in [0.1, 0.15) is 25.3 Å². The summed E-state index contributed by atoms with van der Waals surface area (Å²) in [4.78, 5) is 20.0. The van der Waals surface area contributed by atoms with Crippen LogP contribution in [0.15, 0.2) is 55.1 Å². The van der Waals surface area contributed by atoms with E-state index in [0.717, 1.165) is 30.0 Å². The number of aromatic nitrogens is 4. The van der Waals surface area contributed by atoms with Crippen LogP contribution in [0, 0.1) is 5.41 Å². The van der Waals surface area contributed by atoms with Gasteiger partial charge >= 0.3 is 0 Å². The number of imidazole rings is 1. The second-order valence-corrected chi connectivity index (χ2v) is 8.70. The van der Waals surface area contributed by atoms with Gasteiger partial charge in [-0.15, -0.1) is 0 Å². The minimum Gasteiger partial charge on any atom is -0.398 e. The fourth-order valence-corrected chi connectivity index (χ4v) is 4.27. The normalized spacial score (nSPS) is 18.2. The van der Waals surface area contributed by atoms with Gasteiger partial charge in [-0.3, -0.25) is 0 Å². The standard InChI is InChI=1S/C24H25FN8O/c1-24(34-25)7-2-9-33(15-24)21-6-5-18(13-29-21)30-22-23-28-8-10-32(23)14-20(31-22)16-3-4-17(12-26)19(27)11-16/h3-6,8,10-14,26H,2,7,9,15,27H2,1H3,(H,30,31)/t24-/m1/s1. The Morgan fingerprint density at radius 3 is 2.88 bits per heavy atom. The van der Waals surface area contributed by atoms with Gasteiger partial charge in [0.1, 0.15) is 11.4 Å². The van der Waals surface area contributed by atoms with E-state index in [1.54, 1.807) is 31.5 Å². The van der Waals surface area contributed by atoms with Crippen molar-refractivity contribution in [1.29, 1.82) is 5.41 Å². The van der Waals surface area contributed by atoms with Crippen LogP contribution >= 0.6 is 0 Å². The van der Waals surface area contributed by atoms with E-state index in [1.807, 2.05) is 39.9 Å². The summed E-state index contributed by atoms with van der Waals surface area (Å²) >= 11 is 0. The molecule has 0 radical (unpaired) electrons. The number of piperidine rings is 1. The summed E-state index contributed by atoms with van der Waals surface area (Å²) in [5, 5.41) is 10.8. The van der Waals surface area contributed by atoms with Crippen molar-refractivity contribution in [3.8, 4) is 11.3 Å². The van der Waals surface area contributed by atoms with E-state index in [2.05, 4.69) is 20.2 Å². The first kappa shape index (κ1) is 21.8. The van der Waals surface area contributed by atoms with Crippen molar-refractivity contribution < 1.29 is 9.47 Å². The smallest absolute Gasteiger partial charge is 0.180 e. The van der Waals surface area contributed by atoms with Gasteiger partial charge in [-0.2, -0.15) is 4.94 Å². The molecule has 0 saturated carbocycles. The number of fused-ring (bicyclic) bond motifs is 1. The van der Waals surface area contributed by atoms with Crippen LogP contribution in [0.3, 0.4) is 0 Å². The maximum atomic E-state index is 13.0. The molecule has 0 amide bonds. The van der Waals surface area contributed by atoms with Crippen LogP contribution in [0.4, 0.5) is 27.5 Å². The number of anilines is 4. The number of halogens is 1. The van der Waals surface area contributed by atoms with Crippen molar-refractivity contribution >= 4 is 34.9 Å². The molecule has 174 valence electrons. The molecule has 0 unspecified atom stereocenters. The third kappa shape index (κ3) is 4.15. The number of nitrogens with zero attached hydrogens (tertiary/aromatic N) is 5. The average Bonchev–Trinajstić information content (AvgIpc) is 3.34. The van der Waals surface area contributed by atoms with E-state index in [-0.39, 0.29) is 0 Å². The molecule has 1 aliphatic rings. The highest BCUT2D eigenvalue weighted by molar-refractivity contribution is 5.87. The van der Waals surface area contributed by atoms with Crippen LogP contribution in [0.5, 0.6) is 0 Å². The molecule has 3 aromatic heterocycles. The highest BCUT2D eigenvalue weighted by atomic mass is 19.3. The number of hydrogen-bond acceptors (Lipinski definition) is 8. The van der Waals surface area contributed by atoms with Crippen LogP contribution < -0.4 is 16.0 Å². The van der Waals surface area contributed by atoms with Gasteiger partial charge in [0, 0.05) is 48.2 Å². The minimum absolute atomic E-state index is 0.446. The van der Waals surface area contributed by atoms with E-state index in [0.29, 0.717) is 41.4 Å². The lowest BCUT2D eigenvalue weighted by atomic mass is 9.95. The Labute approximate surface area is 195 Å². The van der Waals surface area contributed by atoms with Gasteiger partial charge < -0.3 is 25.8 Å². The predicted molar refractivity (Wildman–Crippen MR) is 130 cm³/mol. The van der Waals surface area contributed by atoms with E-state index < -0.39 is 5.60 Å². The van der Waals surface area contributed by atoms with Gasteiger partial charge in [0.25, 0.3) is 0 Å². The van der Waals surface area contributed by atoms with Gasteiger partial charge in [-0.25, -0.2) is 15.0 Å². The Kier molecular flexibility index (Phi) is 5.58. The maximum absolute atomic E-state index is 13.0. The molecule has 1 saturated heterocycles. The molecule has 1 fully saturated rings. The quantitative estimate of drug-likeness (QED) is 0.289. The summed E-state index contributed by atoms with van der Waals surface area (Å²) in [5.74, 6) is 1.34. The monoisotopic (exact) mass is 460 g/mol. The Bertz CT molecular complexity index is 1340. The number of nitrogens with two attached hydrogens (primary N) is 1. The highest BCUT2D eigenvalue weighted by Gasteiger charge is 2.33. The molecular formula is C24H25FN8O. The number of pyridine rings is 1. The molecule has 4 heterocycles. The second kappa shape index (κ2) is 8.71. The molecule has 1 atom stereocenters. The molecule has 4 aromatic rings. The number of hydrogen-bond donors (Lipinski definition) is 3. The Morgan fingerprint density at radius 1 is 1.26 bits per heavy atom. The van der Waals surface area contributed by atoms with E-state index in [4.69, 9.17) is 16.1 Å². The van der Waals surface area contributed by atoms with Gasteiger partial charge in [0.05, 0.1) is 24.1 Å². The summed E-state index contributed by atoms with van der Waals surface area (Å²) in [7, 11) is 0. The summed E-state index contributed by atoms with van der Waals surface area (Å²) in [6.45, 7) is 3.02. The fourth-order valence-electron chi connectivity index (χ4n) is 4.27. The molecule has 4 N–H and O–H groups in total. The van der Waals surface area contributed by atoms with Crippen LogP contribution in [0.25, 0.3) is 16.9 Å². The average molecular weight is 461 g/mol.